The molecule has 4 atom stereocenters. The fourth-order valence-electron chi connectivity index (χ4n) is 3.13. The van der Waals surface area contributed by atoms with Crippen LogP contribution in [-0.4, -0.2) is 65.3 Å². The molecule has 2 aliphatic rings. The van der Waals surface area contributed by atoms with Crippen LogP contribution in [0.15, 0.2) is 0 Å². The van der Waals surface area contributed by atoms with Crippen molar-refractivity contribution in [2.75, 3.05) is 20.2 Å². The zero-order valence-electron chi connectivity index (χ0n) is 12.4. The van der Waals surface area contributed by atoms with Crippen LogP contribution in [0.1, 0.15) is 33.1 Å². The quantitative estimate of drug-likeness (QED) is 0.832. The maximum absolute atomic E-state index is 12.7. The second kappa shape index (κ2) is 5.99. The van der Waals surface area contributed by atoms with E-state index in [0.29, 0.717) is 25.4 Å². The molecule has 4 unspecified atom stereocenters. The van der Waals surface area contributed by atoms with Gasteiger partial charge in [-0.05, 0) is 25.7 Å². The smallest absolute Gasteiger partial charge is 0.326 e. The van der Waals surface area contributed by atoms with Crippen molar-refractivity contribution in [1.82, 2.24) is 9.80 Å². The van der Waals surface area contributed by atoms with E-state index in [4.69, 9.17) is 4.74 Å². The number of likely N-dealkylation sites (tertiary alicyclic amines) is 2. The zero-order chi connectivity index (χ0) is 14.9. The highest BCUT2D eigenvalue weighted by Crippen LogP contribution is 2.27. The molecule has 20 heavy (non-hydrogen) atoms. The number of urea groups is 1. The van der Waals surface area contributed by atoms with E-state index in [2.05, 4.69) is 6.92 Å². The monoisotopic (exact) mass is 284 g/mol. The van der Waals surface area contributed by atoms with E-state index in [1.165, 1.54) is 4.90 Å². The lowest BCUT2D eigenvalue weighted by molar-refractivity contribution is -0.141. The first kappa shape index (κ1) is 15.1. The predicted molar refractivity (Wildman–Crippen MR) is 73.5 cm³/mol. The Morgan fingerprint density at radius 3 is 2.45 bits per heavy atom. The minimum absolute atomic E-state index is 0.156. The SMILES string of the molecule is COC1CC(C(=O)O)N(C(=O)N2CC(C)CCC2C)C1. The number of amides is 2. The average Bonchev–Trinajstić information content (AvgIpc) is 2.85. The van der Waals surface area contributed by atoms with Crippen molar-refractivity contribution in [3.05, 3.63) is 0 Å². The highest BCUT2D eigenvalue weighted by molar-refractivity contribution is 5.83. The topological polar surface area (TPSA) is 70.1 Å². The largest absolute Gasteiger partial charge is 0.480 e. The molecule has 2 fully saturated rings. The number of carboxylic acid groups (broad SMARTS) is 1. The standard InChI is InChI=1S/C14H24N2O4/c1-9-4-5-10(2)15(7-9)14(19)16-8-11(20-3)6-12(16)13(17)18/h9-12H,4-8H2,1-3H3,(H,17,18). The van der Waals surface area contributed by atoms with Crippen LogP contribution in [0.2, 0.25) is 0 Å². The van der Waals surface area contributed by atoms with E-state index in [9.17, 15) is 14.7 Å². The van der Waals surface area contributed by atoms with Crippen LogP contribution in [0.3, 0.4) is 0 Å². The Morgan fingerprint density at radius 2 is 1.85 bits per heavy atom. The molecule has 2 rings (SSSR count). The molecule has 2 amide bonds. The molecule has 0 aromatic carbocycles. The first-order valence-electron chi connectivity index (χ1n) is 7.26. The normalized spacial score (nSPS) is 34.4. The maximum Gasteiger partial charge on any atom is 0.326 e. The molecule has 114 valence electrons. The van der Waals surface area contributed by atoms with Gasteiger partial charge in [0.1, 0.15) is 6.04 Å². The maximum atomic E-state index is 12.7. The van der Waals surface area contributed by atoms with E-state index < -0.39 is 12.0 Å². The summed E-state index contributed by atoms with van der Waals surface area (Å²) in [6.07, 6.45) is 2.28. The van der Waals surface area contributed by atoms with Gasteiger partial charge in [-0.2, -0.15) is 0 Å². The Balaban J connectivity index is 2.11. The summed E-state index contributed by atoms with van der Waals surface area (Å²) in [4.78, 5) is 27.3. The third kappa shape index (κ3) is 2.90. The summed E-state index contributed by atoms with van der Waals surface area (Å²) in [7, 11) is 1.56. The Hall–Kier alpha value is -1.30. The molecule has 0 aromatic heterocycles. The summed E-state index contributed by atoms with van der Waals surface area (Å²) in [6.45, 7) is 5.23. The molecule has 0 aromatic rings. The highest BCUT2D eigenvalue weighted by atomic mass is 16.5. The van der Waals surface area contributed by atoms with E-state index in [1.54, 1.807) is 7.11 Å². The van der Waals surface area contributed by atoms with Crippen molar-refractivity contribution in [1.29, 1.82) is 0 Å². The Morgan fingerprint density at radius 1 is 1.15 bits per heavy atom. The summed E-state index contributed by atoms with van der Waals surface area (Å²) in [5.74, 6) is -0.477. The van der Waals surface area contributed by atoms with Gasteiger partial charge in [0, 0.05) is 32.7 Å². The predicted octanol–water partition coefficient (Wildman–Crippen LogP) is 1.40. The molecule has 0 radical (unpaired) electrons. The molecular weight excluding hydrogens is 260 g/mol. The number of carbonyl (C=O) groups is 2. The van der Waals surface area contributed by atoms with Crippen LogP contribution in [0.4, 0.5) is 4.79 Å². The number of ether oxygens (including phenoxy) is 1. The van der Waals surface area contributed by atoms with Gasteiger partial charge in [0.25, 0.3) is 0 Å². The lowest BCUT2D eigenvalue weighted by Crippen LogP contribution is -2.53. The van der Waals surface area contributed by atoms with E-state index in [0.717, 1.165) is 12.8 Å². The summed E-state index contributed by atoms with van der Waals surface area (Å²) in [5, 5.41) is 9.29. The van der Waals surface area contributed by atoms with Gasteiger partial charge in [-0.15, -0.1) is 0 Å². The van der Waals surface area contributed by atoms with Crippen molar-refractivity contribution >= 4 is 12.0 Å². The van der Waals surface area contributed by atoms with Gasteiger partial charge in [-0.1, -0.05) is 6.92 Å². The minimum atomic E-state index is -0.949. The molecule has 2 aliphatic heterocycles. The Kier molecular flexibility index (Phi) is 4.52. The van der Waals surface area contributed by atoms with Crippen LogP contribution in [0, 0.1) is 5.92 Å². The average molecular weight is 284 g/mol. The van der Waals surface area contributed by atoms with Gasteiger partial charge in [0.2, 0.25) is 0 Å². The van der Waals surface area contributed by atoms with Crippen molar-refractivity contribution in [2.24, 2.45) is 5.92 Å². The van der Waals surface area contributed by atoms with E-state index in [1.807, 2.05) is 11.8 Å². The molecule has 6 heteroatoms. The summed E-state index contributed by atoms with van der Waals surface area (Å²) >= 11 is 0. The minimum Gasteiger partial charge on any atom is -0.480 e. The molecule has 2 heterocycles. The molecule has 6 nitrogen and oxygen atoms in total. The van der Waals surface area contributed by atoms with Crippen molar-refractivity contribution in [3.8, 4) is 0 Å². The Labute approximate surface area is 119 Å². The number of hydrogen-bond donors (Lipinski definition) is 1. The summed E-state index contributed by atoms with van der Waals surface area (Å²) < 4.78 is 5.23. The van der Waals surface area contributed by atoms with Crippen molar-refractivity contribution in [2.45, 2.75) is 51.3 Å². The molecule has 0 aliphatic carbocycles. The number of carbonyl (C=O) groups excluding carboxylic acids is 1. The van der Waals surface area contributed by atoms with Crippen LogP contribution in [0.25, 0.3) is 0 Å². The molecule has 2 saturated heterocycles. The van der Waals surface area contributed by atoms with Gasteiger partial charge >= 0.3 is 12.0 Å². The fourth-order valence-corrected chi connectivity index (χ4v) is 3.13. The number of carboxylic acids is 1. The summed E-state index contributed by atoms with van der Waals surface area (Å²) in [5.41, 5.74) is 0. The number of nitrogens with zero attached hydrogens (tertiary/aromatic N) is 2. The first-order chi connectivity index (χ1) is 9.43. The van der Waals surface area contributed by atoms with Crippen molar-refractivity contribution in [3.63, 3.8) is 0 Å². The highest BCUT2D eigenvalue weighted by Gasteiger charge is 2.42. The fraction of sp³-hybridized carbons (Fsp3) is 0.857. The zero-order valence-corrected chi connectivity index (χ0v) is 12.4. The van der Waals surface area contributed by atoms with Crippen LogP contribution >= 0.6 is 0 Å². The second-order valence-corrected chi connectivity index (χ2v) is 6.07. The van der Waals surface area contributed by atoms with Gasteiger partial charge < -0.3 is 19.6 Å². The number of rotatable bonds is 2. The second-order valence-electron chi connectivity index (χ2n) is 6.07. The molecule has 0 saturated carbocycles. The van der Waals surface area contributed by atoms with Crippen LogP contribution in [0.5, 0.6) is 0 Å². The number of methoxy groups -OCH3 is 1. The van der Waals surface area contributed by atoms with E-state index in [-0.39, 0.29) is 18.2 Å². The van der Waals surface area contributed by atoms with E-state index >= 15 is 0 Å². The summed E-state index contributed by atoms with van der Waals surface area (Å²) in [6, 6.07) is -0.748. The van der Waals surface area contributed by atoms with Gasteiger partial charge in [-0.25, -0.2) is 9.59 Å². The first-order valence-corrected chi connectivity index (χ1v) is 7.26. The molecule has 0 spiro atoms. The Bertz CT molecular complexity index is 387. The number of aliphatic carboxylic acids is 1. The van der Waals surface area contributed by atoms with Gasteiger partial charge in [0.05, 0.1) is 6.10 Å². The molecular formula is C14H24N2O4. The molecule has 1 N–H and O–H groups in total. The van der Waals surface area contributed by atoms with Crippen LogP contribution < -0.4 is 0 Å². The lowest BCUT2D eigenvalue weighted by atomic mass is 9.95. The number of hydrogen-bond acceptors (Lipinski definition) is 3. The van der Waals surface area contributed by atoms with Gasteiger partial charge in [-0.3, -0.25) is 0 Å². The van der Waals surface area contributed by atoms with Crippen LogP contribution in [-0.2, 0) is 9.53 Å². The third-order valence-corrected chi connectivity index (χ3v) is 4.49. The van der Waals surface area contributed by atoms with Gasteiger partial charge in [0.15, 0.2) is 0 Å². The number of piperidine rings is 1. The lowest BCUT2D eigenvalue weighted by Gasteiger charge is -2.39. The van der Waals surface area contributed by atoms with Crippen molar-refractivity contribution < 1.29 is 19.4 Å². The third-order valence-electron chi connectivity index (χ3n) is 4.49. The molecule has 0 bridgehead atoms.